The van der Waals surface area contributed by atoms with Gasteiger partial charge in [0.1, 0.15) is 0 Å². The smallest absolute Gasteiger partial charge is 0.0954 e. The van der Waals surface area contributed by atoms with E-state index in [0.717, 1.165) is 16.7 Å². The van der Waals surface area contributed by atoms with E-state index in [0.29, 0.717) is 5.92 Å². The lowest BCUT2D eigenvalue weighted by molar-refractivity contribution is 0.787. The van der Waals surface area contributed by atoms with Crippen LogP contribution >= 0.6 is 27.3 Å². The van der Waals surface area contributed by atoms with Gasteiger partial charge in [0, 0.05) is 32.9 Å². The molecule has 0 aliphatic carbocycles. The Kier molecular flexibility index (Phi) is 3.46. The largest absolute Gasteiger partial charge is 0.341 e. The van der Waals surface area contributed by atoms with Crippen LogP contribution in [0.2, 0.25) is 0 Å². The third-order valence-electron chi connectivity index (χ3n) is 3.16. The quantitative estimate of drug-likeness (QED) is 0.656. The van der Waals surface area contributed by atoms with Gasteiger partial charge in [0.05, 0.1) is 17.2 Å². The molecular weight excluding hydrogens is 320 g/mol. The van der Waals surface area contributed by atoms with Crippen molar-refractivity contribution in [1.82, 2.24) is 9.55 Å². The van der Waals surface area contributed by atoms with Gasteiger partial charge in [-0.15, -0.1) is 11.3 Å². The highest BCUT2D eigenvalue weighted by atomic mass is 79.9. The number of hydrogen-bond acceptors (Lipinski definition) is 2. The molecule has 0 aliphatic rings. The monoisotopic (exact) mass is 334 g/mol. The van der Waals surface area contributed by atoms with Gasteiger partial charge in [0.25, 0.3) is 0 Å². The maximum absolute atomic E-state index is 4.70. The van der Waals surface area contributed by atoms with Crippen LogP contribution in [0.4, 0.5) is 0 Å². The second kappa shape index (κ2) is 5.10. The number of hydrogen-bond donors (Lipinski definition) is 0. The minimum absolute atomic E-state index is 0.509. The van der Waals surface area contributed by atoms with Gasteiger partial charge >= 0.3 is 0 Å². The van der Waals surface area contributed by atoms with Crippen molar-refractivity contribution in [3.8, 4) is 0 Å². The van der Waals surface area contributed by atoms with Crippen molar-refractivity contribution >= 4 is 38.2 Å². The summed E-state index contributed by atoms with van der Waals surface area (Å²) in [5.74, 6) is 0.509. The molecule has 19 heavy (non-hydrogen) atoms. The lowest BCUT2D eigenvalue weighted by atomic mass is 10.2. The van der Waals surface area contributed by atoms with Crippen molar-refractivity contribution in [3.05, 3.63) is 51.0 Å². The molecule has 0 saturated heterocycles. The molecule has 0 bridgehead atoms. The van der Waals surface area contributed by atoms with E-state index in [9.17, 15) is 0 Å². The average Bonchev–Trinajstić information content (AvgIpc) is 2.98. The van der Waals surface area contributed by atoms with Crippen LogP contribution in [-0.4, -0.2) is 9.55 Å². The van der Waals surface area contributed by atoms with Gasteiger partial charge in [-0.3, -0.25) is 0 Å². The van der Waals surface area contributed by atoms with Gasteiger partial charge in [-0.05, 0) is 18.2 Å². The Bertz CT molecular complexity index is 712. The molecule has 3 rings (SSSR count). The molecule has 0 aliphatic heterocycles. The van der Waals surface area contributed by atoms with Crippen molar-refractivity contribution in [2.45, 2.75) is 26.3 Å². The number of rotatable bonds is 3. The van der Waals surface area contributed by atoms with E-state index in [2.05, 4.69) is 70.2 Å². The zero-order valence-corrected chi connectivity index (χ0v) is 13.3. The lowest BCUT2D eigenvalue weighted by Gasteiger charge is -2.03. The summed E-state index contributed by atoms with van der Waals surface area (Å²) in [5.41, 5.74) is 2.39. The van der Waals surface area contributed by atoms with Crippen molar-refractivity contribution in [3.63, 3.8) is 0 Å². The SMILES string of the molecule is CC(C)c1nc(Cn2ccc3c(Br)cccc32)cs1. The number of thiazole rings is 1. The molecule has 0 amide bonds. The van der Waals surface area contributed by atoms with E-state index in [4.69, 9.17) is 4.98 Å². The lowest BCUT2D eigenvalue weighted by Crippen LogP contribution is -1.98. The second-order valence-electron chi connectivity index (χ2n) is 4.95. The molecule has 0 radical (unpaired) electrons. The first-order valence-corrected chi connectivity index (χ1v) is 8.00. The summed E-state index contributed by atoms with van der Waals surface area (Å²) in [6.45, 7) is 5.21. The van der Waals surface area contributed by atoms with Crippen LogP contribution in [0.25, 0.3) is 10.9 Å². The molecule has 0 atom stereocenters. The summed E-state index contributed by atoms with van der Waals surface area (Å²) >= 11 is 5.35. The van der Waals surface area contributed by atoms with Gasteiger partial charge in [-0.1, -0.05) is 35.8 Å². The fraction of sp³-hybridized carbons (Fsp3) is 0.267. The van der Waals surface area contributed by atoms with Crippen LogP contribution in [0.3, 0.4) is 0 Å². The molecule has 0 spiro atoms. The number of benzene rings is 1. The highest BCUT2D eigenvalue weighted by Crippen LogP contribution is 2.26. The molecular formula is C15H15BrN2S. The third kappa shape index (κ3) is 2.47. The van der Waals surface area contributed by atoms with Crippen LogP contribution in [0, 0.1) is 0 Å². The van der Waals surface area contributed by atoms with Crippen molar-refractivity contribution in [2.75, 3.05) is 0 Å². The van der Waals surface area contributed by atoms with Crippen LogP contribution in [0.1, 0.15) is 30.5 Å². The van der Waals surface area contributed by atoms with Crippen LogP contribution in [0.15, 0.2) is 40.3 Å². The maximum Gasteiger partial charge on any atom is 0.0954 e. The highest BCUT2D eigenvalue weighted by molar-refractivity contribution is 9.10. The fourth-order valence-corrected chi connectivity index (χ4v) is 3.47. The second-order valence-corrected chi connectivity index (χ2v) is 6.69. The summed E-state index contributed by atoms with van der Waals surface area (Å²) in [5, 5.41) is 4.63. The van der Waals surface area contributed by atoms with Crippen LogP contribution in [0.5, 0.6) is 0 Å². The van der Waals surface area contributed by atoms with E-state index in [1.165, 1.54) is 15.9 Å². The van der Waals surface area contributed by atoms with Gasteiger partial charge in [-0.25, -0.2) is 4.98 Å². The number of halogens is 1. The fourth-order valence-electron chi connectivity index (χ4n) is 2.16. The molecule has 2 heterocycles. The first kappa shape index (κ1) is 12.9. The summed E-state index contributed by atoms with van der Waals surface area (Å²) < 4.78 is 3.39. The van der Waals surface area contributed by atoms with E-state index >= 15 is 0 Å². The molecule has 2 nitrogen and oxygen atoms in total. The van der Waals surface area contributed by atoms with Gasteiger partial charge in [-0.2, -0.15) is 0 Å². The van der Waals surface area contributed by atoms with Crippen molar-refractivity contribution < 1.29 is 0 Å². The summed E-state index contributed by atoms with van der Waals surface area (Å²) in [7, 11) is 0. The molecule has 3 aromatic rings. The van der Waals surface area contributed by atoms with Gasteiger partial charge < -0.3 is 4.57 Å². The Morgan fingerprint density at radius 3 is 2.89 bits per heavy atom. The zero-order valence-electron chi connectivity index (χ0n) is 10.9. The molecule has 98 valence electrons. The molecule has 4 heteroatoms. The first-order valence-electron chi connectivity index (χ1n) is 6.33. The minimum atomic E-state index is 0.509. The third-order valence-corrected chi connectivity index (χ3v) is 5.04. The summed E-state index contributed by atoms with van der Waals surface area (Å²) in [6, 6.07) is 8.45. The summed E-state index contributed by atoms with van der Waals surface area (Å²) in [6.07, 6.45) is 2.13. The van der Waals surface area contributed by atoms with E-state index < -0.39 is 0 Å². The zero-order chi connectivity index (χ0) is 13.4. The standard InChI is InChI=1S/C15H15BrN2S/c1-10(2)15-17-11(9-19-15)8-18-7-6-12-13(16)4-3-5-14(12)18/h3-7,9-10H,8H2,1-2H3. The first-order chi connectivity index (χ1) is 9.15. The average molecular weight is 335 g/mol. The Labute approximate surface area is 125 Å². The molecule has 2 aromatic heterocycles. The Morgan fingerprint density at radius 2 is 2.16 bits per heavy atom. The minimum Gasteiger partial charge on any atom is -0.341 e. The summed E-state index contributed by atoms with van der Waals surface area (Å²) in [4.78, 5) is 4.70. The topological polar surface area (TPSA) is 17.8 Å². The van der Waals surface area contributed by atoms with Crippen molar-refractivity contribution in [1.29, 1.82) is 0 Å². The molecule has 0 fully saturated rings. The Hall–Kier alpha value is -1.13. The van der Waals surface area contributed by atoms with E-state index in [1.807, 2.05) is 0 Å². The van der Waals surface area contributed by atoms with Crippen molar-refractivity contribution in [2.24, 2.45) is 0 Å². The van der Waals surface area contributed by atoms with E-state index in [1.54, 1.807) is 11.3 Å². The van der Waals surface area contributed by atoms with Gasteiger partial charge in [0.2, 0.25) is 0 Å². The van der Waals surface area contributed by atoms with Crippen LogP contribution < -0.4 is 0 Å². The number of fused-ring (bicyclic) bond motifs is 1. The van der Waals surface area contributed by atoms with E-state index in [-0.39, 0.29) is 0 Å². The highest BCUT2D eigenvalue weighted by Gasteiger charge is 2.08. The molecule has 1 aromatic carbocycles. The molecule has 0 N–H and O–H groups in total. The normalized spacial score (nSPS) is 11.6. The van der Waals surface area contributed by atoms with Crippen LogP contribution in [-0.2, 0) is 6.54 Å². The number of aromatic nitrogens is 2. The number of nitrogens with zero attached hydrogens (tertiary/aromatic N) is 2. The Morgan fingerprint density at radius 1 is 1.32 bits per heavy atom. The maximum atomic E-state index is 4.70. The van der Waals surface area contributed by atoms with Gasteiger partial charge in [0.15, 0.2) is 0 Å². The predicted molar refractivity (Wildman–Crippen MR) is 84.9 cm³/mol. The Balaban J connectivity index is 1.94. The molecule has 0 saturated carbocycles. The molecule has 0 unspecified atom stereocenters. The predicted octanol–water partition coefficient (Wildman–Crippen LogP) is 5.03.